The van der Waals surface area contributed by atoms with Crippen molar-refractivity contribution in [3.63, 3.8) is 0 Å². The Kier molecular flexibility index (Phi) is 11.1. The lowest BCUT2D eigenvalue weighted by Gasteiger charge is -2.49. The number of nitrogens with zero attached hydrogens (tertiary/aromatic N) is 3. The van der Waals surface area contributed by atoms with Gasteiger partial charge in [-0.25, -0.2) is 4.98 Å². The molecule has 2 aromatic heterocycles. The predicted molar refractivity (Wildman–Crippen MR) is 305 cm³/mol. The molecule has 0 saturated heterocycles. The monoisotopic (exact) mass is 977 g/mol. The molecule has 10 aromatic carbocycles. The summed E-state index contributed by atoms with van der Waals surface area (Å²) in [6, 6.07) is 99.7. The Morgan fingerprint density at radius 3 is 1.14 bits per heavy atom. The van der Waals surface area contributed by atoms with Gasteiger partial charge in [0, 0.05) is 61.2 Å². The zero-order valence-corrected chi connectivity index (χ0v) is 42.2. The summed E-state index contributed by atoms with van der Waals surface area (Å²) in [6.07, 6.45) is 0. The highest BCUT2D eigenvalue weighted by Crippen LogP contribution is 2.81. The molecule has 0 fully saturated rings. The third-order valence-corrected chi connectivity index (χ3v) is 22.0. The topological polar surface area (TPSA) is 32.5 Å². The molecule has 352 valence electrons. The molecule has 0 N–H and O–H groups in total. The largest absolute Gasteiger partial charge is 0.456 e. The molecule has 0 atom stereocenters. The molecule has 0 unspecified atom stereocenters. The van der Waals surface area contributed by atoms with Crippen LogP contribution >= 0.6 is 20.1 Å². The van der Waals surface area contributed by atoms with Gasteiger partial charge in [-0.15, -0.1) is 20.1 Å². The molecule has 0 bridgehead atoms. The number of para-hydroxylation sites is 4. The minimum Gasteiger partial charge on any atom is -0.456 e. The van der Waals surface area contributed by atoms with E-state index >= 15 is 0 Å². The second-order valence-corrected chi connectivity index (χ2v) is 24.0. The van der Waals surface area contributed by atoms with Gasteiger partial charge < -0.3 is 9.32 Å². The van der Waals surface area contributed by atoms with Crippen molar-refractivity contribution in [2.45, 2.75) is 53.0 Å². The molecule has 2 aliphatic heterocycles. The van der Waals surface area contributed by atoms with Crippen molar-refractivity contribution < 1.29 is 4.42 Å². The van der Waals surface area contributed by atoms with Gasteiger partial charge in [-0.05, 0) is 146 Å². The smallest absolute Gasteiger partial charge is 0.138 e. The number of hydrogen-bond acceptors (Lipinski definition) is 4. The third kappa shape index (κ3) is 6.82. The van der Waals surface area contributed by atoms with Crippen LogP contribution in [0.4, 0.5) is 34.3 Å². The quantitative estimate of drug-likeness (QED) is 0.159. The molecule has 73 heavy (non-hydrogen) atoms. The van der Waals surface area contributed by atoms with Crippen LogP contribution < -0.4 is 9.80 Å². The lowest BCUT2D eigenvalue weighted by molar-refractivity contribution is 0.669. The van der Waals surface area contributed by atoms with Gasteiger partial charge in [0.05, 0.1) is 28.4 Å². The number of benzene rings is 10. The van der Waals surface area contributed by atoms with Gasteiger partial charge in [0.25, 0.3) is 0 Å². The first-order valence-electron chi connectivity index (χ1n) is 25.0. The molecular weight excluding hydrogens is 927 g/mol. The molecule has 4 nitrogen and oxygen atoms in total. The number of furan rings is 1. The number of anilines is 6. The Morgan fingerprint density at radius 1 is 0.329 bits per heavy atom. The molecule has 0 amide bonds. The summed E-state index contributed by atoms with van der Waals surface area (Å²) in [6.45, 7) is 4.00. The SMILES string of the molecule is CC.c1ccc(S2(c3ccccc3)c3ccccc3N(c3ccc4oc5ccc(-c6cccc(N7c8ccccc8S(c8ccccc8)(c8ccccc8)c8ccccc87)n6)cc5c4c3)c3ccccc32)cc1. The molecule has 14 rings (SSSR count). The van der Waals surface area contributed by atoms with Gasteiger partial charge in [0.2, 0.25) is 0 Å². The minimum atomic E-state index is -1.87. The van der Waals surface area contributed by atoms with Gasteiger partial charge in [-0.1, -0.05) is 141 Å². The third-order valence-electron chi connectivity index (χ3n) is 14.1. The molecule has 0 radical (unpaired) electrons. The normalized spacial score (nSPS) is 14.7. The van der Waals surface area contributed by atoms with E-state index in [9.17, 15) is 0 Å². The molecule has 4 heterocycles. The summed E-state index contributed by atoms with van der Waals surface area (Å²) in [5.41, 5.74) is 9.29. The van der Waals surface area contributed by atoms with E-state index in [1.54, 1.807) is 0 Å². The van der Waals surface area contributed by atoms with Crippen LogP contribution in [0.15, 0.2) is 317 Å². The molecular formula is C67H51N3OS2. The zero-order valence-electron chi connectivity index (χ0n) is 40.5. The summed E-state index contributed by atoms with van der Waals surface area (Å²) in [5.74, 6) is 0.864. The van der Waals surface area contributed by atoms with Crippen molar-refractivity contribution in [3.05, 3.63) is 273 Å². The molecule has 0 spiro atoms. The van der Waals surface area contributed by atoms with E-state index in [0.717, 1.165) is 56.1 Å². The lowest BCUT2D eigenvalue weighted by Crippen LogP contribution is -2.22. The maximum atomic E-state index is 6.62. The highest BCUT2D eigenvalue weighted by molar-refractivity contribution is 8.34. The first-order chi connectivity index (χ1) is 36.2. The van der Waals surface area contributed by atoms with E-state index < -0.39 is 20.1 Å². The number of pyridine rings is 1. The number of fused-ring (bicyclic) bond motifs is 7. The Hall–Kier alpha value is -8.55. The van der Waals surface area contributed by atoms with E-state index in [1.165, 1.54) is 50.5 Å². The highest BCUT2D eigenvalue weighted by atomic mass is 32.3. The van der Waals surface area contributed by atoms with Crippen LogP contribution in [0.3, 0.4) is 0 Å². The number of hydrogen-bond donors (Lipinski definition) is 0. The number of rotatable bonds is 7. The van der Waals surface area contributed by atoms with Gasteiger partial charge in [-0.3, -0.25) is 4.90 Å². The van der Waals surface area contributed by atoms with E-state index in [4.69, 9.17) is 9.40 Å². The fraction of sp³-hybridized carbons (Fsp3) is 0.0299. The van der Waals surface area contributed by atoms with Crippen LogP contribution in [0.5, 0.6) is 0 Å². The van der Waals surface area contributed by atoms with Crippen molar-refractivity contribution >= 4 is 76.2 Å². The number of aromatic nitrogens is 1. The predicted octanol–water partition coefficient (Wildman–Crippen LogP) is 19.9. The van der Waals surface area contributed by atoms with Crippen LogP contribution in [-0.4, -0.2) is 4.98 Å². The first kappa shape index (κ1) is 44.4. The Balaban J connectivity index is 0.00000255. The van der Waals surface area contributed by atoms with Crippen molar-refractivity contribution in [2.24, 2.45) is 0 Å². The summed E-state index contributed by atoms with van der Waals surface area (Å²) >= 11 is 0. The molecule has 2 aliphatic rings. The minimum absolute atomic E-state index is 0.841. The highest BCUT2D eigenvalue weighted by Gasteiger charge is 2.44. The summed E-state index contributed by atoms with van der Waals surface area (Å²) in [4.78, 5) is 20.8. The maximum absolute atomic E-state index is 6.62. The van der Waals surface area contributed by atoms with Gasteiger partial charge in [-0.2, -0.15) is 0 Å². The fourth-order valence-electron chi connectivity index (χ4n) is 11.2. The standard InChI is InChI=1S/C65H45N3OS2.C2H6/c1-5-22-48(23-6-1)70(49-24-7-2-8-25-49)61-35-17-13-31-55(61)67(56-32-14-18-36-62(56)70)47-41-43-60-53(45-47)52-44-46(40-42-59(52)69-60)54-30-21-39-65(66-54)68-57-33-15-19-37-63(57)71(50-26-9-3-10-27-50,51-28-11-4-12-29-51)64-38-20-16-34-58(64)68;1-2/h1-45H;1-2H3. The van der Waals surface area contributed by atoms with Crippen LogP contribution in [0, 0.1) is 0 Å². The van der Waals surface area contributed by atoms with E-state index in [2.05, 4.69) is 283 Å². The summed E-state index contributed by atoms with van der Waals surface area (Å²) in [5, 5.41) is 2.10. The fourth-order valence-corrected chi connectivity index (χ4v) is 19.5. The van der Waals surface area contributed by atoms with Crippen molar-refractivity contribution in [3.8, 4) is 11.3 Å². The molecule has 12 aromatic rings. The van der Waals surface area contributed by atoms with Crippen LogP contribution in [0.1, 0.15) is 13.8 Å². The molecule has 0 aliphatic carbocycles. The van der Waals surface area contributed by atoms with Gasteiger partial charge in [0.1, 0.15) is 17.0 Å². The average Bonchev–Trinajstić information content (AvgIpc) is 3.84. The summed E-state index contributed by atoms with van der Waals surface area (Å²) in [7, 11) is -3.74. The van der Waals surface area contributed by atoms with Crippen LogP contribution in [0.25, 0.3) is 33.2 Å². The van der Waals surface area contributed by atoms with E-state index in [1.807, 2.05) is 13.8 Å². The zero-order chi connectivity index (χ0) is 48.9. The van der Waals surface area contributed by atoms with Crippen molar-refractivity contribution in [1.82, 2.24) is 4.98 Å². The lowest BCUT2D eigenvalue weighted by atomic mass is 10.1. The van der Waals surface area contributed by atoms with E-state index in [0.29, 0.717) is 0 Å². The second-order valence-electron chi connectivity index (χ2n) is 17.9. The van der Waals surface area contributed by atoms with E-state index in [-0.39, 0.29) is 0 Å². The second kappa shape index (κ2) is 18.2. The Bertz CT molecular complexity index is 3790. The Labute approximate surface area is 430 Å². The molecule has 6 heteroatoms. The molecule has 0 saturated carbocycles. The van der Waals surface area contributed by atoms with Crippen molar-refractivity contribution in [1.29, 1.82) is 0 Å². The maximum Gasteiger partial charge on any atom is 0.138 e. The Morgan fingerprint density at radius 2 is 0.699 bits per heavy atom. The van der Waals surface area contributed by atoms with Gasteiger partial charge in [0.15, 0.2) is 0 Å². The average molecular weight is 978 g/mol. The van der Waals surface area contributed by atoms with Crippen LogP contribution in [-0.2, 0) is 0 Å². The van der Waals surface area contributed by atoms with Crippen molar-refractivity contribution in [2.75, 3.05) is 9.80 Å². The first-order valence-corrected chi connectivity index (χ1v) is 28.3. The summed E-state index contributed by atoms with van der Waals surface area (Å²) < 4.78 is 6.62. The van der Waals surface area contributed by atoms with Crippen LogP contribution in [0.2, 0.25) is 0 Å². The van der Waals surface area contributed by atoms with Gasteiger partial charge >= 0.3 is 0 Å².